The highest BCUT2D eigenvalue weighted by molar-refractivity contribution is 5.94. The molecule has 280 valence electrons. The zero-order valence-corrected chi connectivity index (χ0v) is 31.6. The molecule has 0 unspecified atom stereocenters. The first-order valence-corrected chi connectivity index (χ1v) is 18.7. The lowest BCUT2D eigenvalue weighted by atomic mass is 9.87. The van der Waals surface area contributed by atoms with Crippen molar-refractivity contribution in [2.45, 2.75) is 123 Å². The topological polar surface area (TPSA) is 126 Å². The summed E-state index contributed by atoms with van der Waals surface area (Å²) in [6.45, 7) is 10.0. The number of carbonyl (C=O) groups excluding carboxylic acids is 3. The van der Waals surface area contributed by atoms with Crippen LogP contribution in [0.4, 0.5) is 0 Å². The zero-order valence-electron chi connectivity index (χ0n) is 31.6. The van der Waals surface area contributed by atoms with Crippen molar-refractivity contribution in [2.24, 2.45) is 5.73 Å². The Labute approximate surface area is 303 Å². The number of amides is 3. The normalized spacial score (nSPS) is 18.6. The number of nitrogens with one attached hydrogen (secondary N) is 3. The first-order chi connectivity index (χ1) is 24.2. The Morgan fingerprint density at radius 2 is 1.32 bits per heavy atom. The second kappa shape index (κ2) is 29.2. The van der Waals surface area contributed by atoms with Crippen molar-refractivity contribution >= 4 is 17.7 Å². The highest BCUT2D eigenvalue weighted by Gasteiger charge is 2.35. The Morgan fingerprint density at radius 1 is 0.820 bits per heavy atom. The van der Waals surface area contributed by atoms with E-state index >= 15 is 0 Å². The van der Waals surface area contributed by atoms with E-state index in [1.807, 2.05) is 13.1 Å². The van der Waals surface area contributed by atoms with Gasteiger partial charge < -0.3 is 31.3 Å². The molecule has 0 bridgehead atoms. The third-order valence-corrected chi connectivity index (χ3v) is 8.29. The van der Waals surface area contributed by atoms with Crippen molar-refractivity contribution in [3.63, 3.8) is 0 Å². The van der Waals surface area contributed by atoms with E-state index in [0.29, 0.717) is 51.0 Å². The molecule has 1 rings (SSSR count). The van der Waals surface area contributed by atoms with Gasteiger partial charge >= 0.3 is 0 Å². The summed E-state index contributed by atoms with van der Waals surface area (Å²) in [4.78, 5) is 39.0. The fraction of sp³-hybridized carbons (Fsp3) is 0.585. The van der Waals surface area contributed by atoms with Crippen molar-refractivity contribution < 1.29 is 19.1 Å². The lowest BCUT2D eigenvalue weighted by Gasteiger charge is -2.36. The highest BCUT2D eigenvalue weighted by atomic mass is 16.5. The van der Waals surface area contributed by atoms with Gasteiger partial charge in [0, 0.05) is 51.1 Å². The van der Waals surface area contributed by atoms with Crippen molar-refractivity contribution in [3.05, 3.63) is 84.6 Å². The largest absolute Gasteiger partial charge is 0.369 e. The average molecular weight is 694 g/mol. The summed E-state index contributed by atoms with van der Waals surface area (Å²) in [5, 5.41) is 8.86. The van der Waals surface area contributed by atoms with Crippen LogP contribution in [0, 0.1) is 0 Å². The molecule has 0 heterocycles. The van der Waals surface area contributed by atoms with Crippen LogP contribution in [-0.2, 0) is 19.1 Å². The molecular weight excluding hydrogens is 626 g/mol. The minimum Gasteiger partial charge on any atom is -0.369 e. The van der Waals surface area contributed by atoms with Gasteiger partial charge in [-0.05, 0) is 77.3 Å². The highest BCUT2D eigenvalue weighted by Crippen LogP contribution is 2.23. The summed E-state index contributed by atoms with van der Waals surface area (Å²) in [6.07, 6.45) is 36.5. The van der Waals surface area contributed by atoms with Gasteiger partial charge in [0.15, 0.2) is 0 Å². The molecule has 0 aliphatic heterocycles. The van der Waals surface area contributed by atoms with Gasteiger partial charge in [-0.1, -0.05) is 93.7 Å². The Morgan fingerprint density at radius 3 is 1.82 bits per heavy atom. The summed E-state index contributed by atoms with van der Waals surface area (Å²) >= 11 is 0. The number of ether oxygens (including phenoxy) is 1. The van der Waals surface area contributed by atoms with E-state index in [-0.39, 0.29) is 29.9 Å². The monoisotopic (exact) mass is 694 g/mol. The molecule has 0 saturated carbocycles. The maximum absolute atomic E-state index is 13.0. The number of nitrogens with zero attached hydrogens (tertiary/aromatic N) is 1. The summed E-state index contributed by atoms with van der Waals surface area (Å²) in [6, 6.07) is -0.800. The van der Waals surface area contributed by atoms with E-state index in [4.69, 9.17) is 10.5 Å². The van der Waals surface area contributed by atoms with Crippen LogP contribution in [-0.4, -0.2) is 80.1 Å². The van der Waals surface area contributed by atoms with Gasteiger partial charge in [0.05, 0.1) is 18.2 Å². The van der Waals surface area contributed by atoms with E-state index in [1.54, 1.807) is 0 Å². The molecule has 1 aliphatic carbocycles. The van der Waals surface area contributed by atoms with Crippen LogP contribution in [0.1, 0.15) is 98.3 Å². The third-order valence-electron chi connectivity index (χ3n) is 8.29. The van der Waals surface area contributed by atoms with Crippen LogP contribution in [0.15, 0.2) is 84.6 Å². The molecule has 3 atom stereocenters. The second-order valence-electron chi connectivity index (χ2n) is 12.7. The van der Waals surface area contributed by atoms with Gasteiger partial charge in [0.25, 0.3) is 0 Å². The molecule has 5 N–H and O–H groups in total. The van der Waals surface area contributed by atoms with Crippen molar-refractivity contribution in [1.29, 1.82) is 0 Å². The van der Waals surface area contributed by atoms with Crippen LogP contribution < -0.4 is 21.7 Å². The number of hydrogen-bond donors (Lipinski definition) is 4. The lowest BCUT2D eigenvalue weighted by Crippen LogP contribution is -2.57. The van der Waals surface area contributed by atoms with E-state index in [1.165, 1.54) is 6.92 Å². The number of likely N-dealkylation sites (N-methyl/N-ethyl adjacent to an activating group) is 1. The Hall–Kier alpha value is -3.53. The number of nitrogens with two attached hydrogens (primary N) is 1. The average Bonchev–Trinajstić information content (AvgIpc) is 3.09. The number of hydrogen-bond acceptors (Lipinski definition) is 6. The SMILES string of the molecule is CCC=CCC=CCC=CCC=CCC=CCC=CCCC(=O)NCCN(C)CCNC(=O)C1=C[C@@H](OC(CC)CC)[C@H](NC(C)=O)[C@@H](N)C1. The van der Waals surface area contributed by atoms with Gasteiger partial charge in [0.2, 0.25) is 17.7 Å². The first-order valence-electron chi connectivity index (χ1n) is 18.7. The third kappa shape index (κ3) is 22.2. The molecule has 0 aromatic rings. The fourth-order valence-corrected chi connectivity index (χ4v) is 5.33. The quantitative estimate of drug-likeness (QED) is 0.0782. The van der Waals surface area contributed by atoms with E-state index in [9.17, 15) is 14.4 Å². The smallest absolute Gasteiger partial charge is 0.247 e. The predicted molar refractivity (Wildman–Crippen MR) is 208 cm³/mol. The molecule has 9 nitrogen and oxygen atoms in total. The number of allylic oxidation sites excluding steroid dienone is 12. The molecule has 0 aromatic heterocycles. The van der Waals surface area contributed by atoms with Gasteiger partial charge in [0.1, 0.15) is 0 Å². The second-order valence-corrected chi connectivity index (χ2v) is 12.7. The van der Waals surface area contributed by atoms with E-state index in [2.05, 4.69) is 115 Å². The maximum Gasteiger partial charge on any atom is 0.247 e. The Balaban J connectivity index is 2.21. The van der Waals surface area contributed by atoms with Crippen LogP contribution in [0.5, 0.6) is 0 Å². The molecule has 0 radical (unpaired) electrons. The fourth-order valence-electron chi connectivity index (χ4n) is 5.33. The van der Waals surface area contributed by atoms with Crippen LogP contribution in [0.25, 0.3) is 0 Å². The number of rotatable bonds is 26. The molecule has 0 aromatic carbocycles. The first kappa shape index (κ1) is 44.5. The summed E-state index contributed by atoms with van der Waals surface area (Å²) < 4.78 is 6.24. The Kier molecular flexibility index (Phi) is 26.0. The van der Waals surface area contributed by atoms with Crippen molar-refractivity contribution in [2.75, 3.05) is 33.2 Å². The molecular formula is C41H67N5O4. The minimum absolute atomic E-state index is 0.0212. The molecule has 0 saturated heterocycles. The van der Waals surface area contributed by atoms with E-state index in [0.717, 1.165) is 51.4 Å². The summed E-state index contributed by atoms with van der Waals surface area (Å²) in [5.74, 6) is -0.306. The van der Waals surface area contributed by atoms with Gasteiger partial charge in [-0.2, -0.15) is 0 Å². The van der Waals surface area contributed by atoms with Crippen LogP contribution in [0.2, 0.25) is 0 Å². The van der Waals surface area contributed by atoms with Crippen LogP contribution >= 0.6 is 0 Å². The predicted octanol–water partition coefficient (Wildman–Crippen LogP) is 6.36. The number of carbonyl (C=O) groups is 3. The minimum atomic E-state index is -0.459. The molecule has 1 aliphatic rings. The Bertz CT molecular complexity index is 1170. The summed E-state index contributed by atoms with van der Waals surface area (Å²) in [5.41, 5.74) is 6.97. The molecule has 0 fully saturated rings. The van der Waals surface area contributed by atoms with Gasteiger partial charge in [-0.15, -0.1) is 0 Å². The van der Waals surface area contributed by atoms with Crippen molar-refractivity contribution in [3.8, 4) is 0 Å². The molecule has 3 amide bonds. The van der Waals surface area contributed by atoms with Crippen LogP contribution in [0.3, 0.4) is 0 Å². The van der Waals surface area contributed by atoms with Gasteiger partial charge in [-0.3, -0.25) is 14.4 Å². The maximum atomic E-state index is 13.0. The summed E-state index contributed by atoms with van der Waals surface area (Å²) in [7, 11) is 1.96. The zero-order chi connectivity index (χ0) is 36.8. The lowest BCUT2D eigenvalue weighted by molar-refractivity contribution is -0.122. The molecule has 0 spiro atoms. The van der Waals surface area contributed by atoms with Crippen molar-refractivity contribution in [1.82, 2.24) is 20.9 Å². The molecule has 9 heteroatoms. The van der Waals surface area contributed by atoms with Gasteiger partial charge in [-0.25, -0.2) is 0 Å². The standard InChI is InChI=1S/C41H67N5O4/c1-6-9-10-11-12-13-14-15-16-17-18-19-20-21-22-23-24-25-26-27-39(48)43-28-30-46(5)31-29-44-41(49)35-32-37(42)40(45-34(4)47)38(33-35)50-36(7-2)8-3/h9-10,12-13,15-16,18-19,21-22,24-25,33,36-38,40H,6-8,11,14,17,20,23,26-32,42H2,1-5H3,(H,43,48)(H,44,49)(H,45,47)/t37-,38+,40+/m0/s1. The molecule has 50 heavy (non-hydrogen) atoms. The van der Waals surface area contributed by atoms with E-state index < -0.39 is 12.1 Å².